The van der Waals surface area contributed by atoms with Gasteiger partial charge in [-0.3, -0.25) is 4.98 Å². The van der Waals surface area contributed by atoms with E-state index in [2.05, 4.69) is 18.8 Å². The van der Waals surface area contributed by atoms with E-state index in [0.29, 0.717) is 18.2 Å². The summed E-state index contributed by atoms with van der Waals surface area (Å²) in [6.45, 7) is 6.64. The minimum absolute atomic E-state index is 0.346. The fourth-order valence-electron chi connectivity index (χ4n) is 1.98. The first-order chi connectivity index (χ1) is 9.51. The molecule has 0 unspecified atom stereocenters. The molecule has 106 valence electrons. The van der Waals surface area contributed by atoms with Gasteiger partial charge in [-0.25, -0.2) is 0 Å². The Labute approximate surface area is 124 Å². The molecule has 0 atom stereocenters. The Balaban J connectivity index is 2.35. The molecule has 1 heterocycles. The molecule has 0 amide bonds. The lowest BCUT2D eigenvalue weighted by molar-refractivity contribution is 0.474. The molecule has 20 heavy (non-hydrogen) atoms. The lowest BCUT2D eigenvalue weighted by Gasteiger charge is -2.14. The highest BCUT2D eigenvalue weighted by Crippen LogP contribution is 2.33. The van der Waals surface area contributed by atoms with Crippen LogP contribution in [-0.4, -0.2) is 4.98 Å². The van der Waals surface area contributed by atoms with Crippen molar-refractivity contribution in [3.63, 3.8) is 0 Å². The van der Waals surface area contributed by atoms with E-state index >= 15 is 0 Å². The first-order valence-electron chi connectivity index (χ1n) is 6.63. The zero-order chi connectivity index (χ0) is 14.7. The highest BCUT2D eigenvalue weighted by Gasteiger charge is 2.11. The molecule has 0 saturated carbocycles. The number of rotatable bonds is 4. The molecule has 2 N–H and O–H groups in total. The van der Waals surface area contributed by atoms with E-state index in [1.165, 1.54) is 0 Å². The van der Waals surface area contributed by atoms with Gasteiger partial charge >= 0.3 is 0 Å². The number of aryl methyl sites for hydroxylation is 1. The highest BCUT2D eigenvalue weighted by molar-refractivity contribution is 6.31. The van der Waals surface area contributed by atoms with Crippen molar-refractivity contribution < 1.29 is 4.74 Å². The summed E-state index contributed by atoms with van der Waals surface area (Å²) in [5.41, 5.74) is 8.63. The maximum absolute atomic E-state index is 6.26. The van der Waals surface area contributed by atoms with Gasteiger partial charge in [-0.1, -0.05) is 25.4 Å². The van der Waals surface area contributed by atoms with Crippen LogP contribution >= 0.6 is 11.6 Å². The predicted octanol–water partition coefficient (Wildman–Crippen LogP) is 4.42. The van der Waals surface area contributed by atoms with Crippen LogP contribution in [0.3, 0.4) is 0 Å². The number of halogens is 1. The van der Waals surface area contributed by atoms with E-state index in [0.717, 1.165) is 27.5 Å². The van der Waals surface area contributed by atoms with Crippen molar-refractivity contribution in [2.24, 2.45) is 5.73 Å². The lowest BCUT2D eigenvalue weighted by Crippen LogP contribution is -1.98. The Morgan fingerprint density at radius 3 is 2.65 bits per heavy atom. The average Bonchev–Trinajstić information content (AvgIpc) is 2.41. The summed E-state index contributed by atoms with van der Waals surface area (Å²) in [5, 5.41) is 0.777. The van der Waals surface area contributed by atoms with Gasteiger partial charge in [0.15, 0.2) is 0 Å². The van der Waals surface area contributed by atoms with Crippen LogP contribution in [0.1, 0.15) is 36.5 Å². The number of benzene rings is 1. The summed E-state index contributed by atoms with van der Waals surface area (Å²) in [4.78, 5) is 4.13. The van der Waals surface area contributed by atoms with E-state index in [1.807, 2.05) is 25.1 Å². The van der Waals surface area contributed by atoms with Crippen molar-refractivity contribution in [1.29, 1.82) is 0 Å². The number of aromatic nitrogens is 1. The van der Waals surface area contributed by atoms with E-state index in [4.69, 9.17) is 22.1 Å². The van der Waals surface area contributed by atoms with Gasteiger partial charge in [-0.05, 0) is 47.7 Å². The van der Waals surface area contributed by atoms with E-state index in [9.17, 15) is 0 Å². The van der Waals surface area contributed by atoms with E-state index in [-0.39, 0.29) is 0 Å². The van der Waals surface area contributed by atoms with Gasteiger partial charge in [-0.15, -0.1) is 0 Å². The normalized spacial score (nSPS) is 10.9. The molecule has 1 aromatic carbocycles. The van der Waals surface area contributed by atoms with Crippen molar-refractivity contribution >= 4 is 11.6 Å². The lowest BCUT2D eigenvalue weighted by atomic mass is 10.0. The Morgan fingerprint density at radius 1 is 1.25 bits per heavy atom. The van der Waals surface area contributed by atoms with Crippen molar-refractivity contribution in [1.82, 2.24) is 4.98 Å². The molecule has 2 aromatic rings. The SMILES string of the molecule is Cc1cc(Cl)c(C(C)C)cc1Oc1cncc(CN)c1. The molecule has 1 aromatic heterocycles. The molecule has 0 aliphatic carbocycles. The van der Waals surface area contributed by atoms with Gasteiger partial charge in [0, 0.05) is 17.8 Å². The second-order valence-corrected chi connectivity index (χ2v) is 5.54. The summed E-state index contributed by atoms with van der Waals surface area (Å²) >= 11 is 6.26. The van der Waals surface area contributed by atoms with Crippen LogP contribution in [0.4, 0.5) is 0 Å². The summed E-state index contributed by atoms with van der Waals surface area (Å²) < 4.78 is 5.92. The quantitative estimate of drug-likeness (QED) is 0.907. The number of hydrogen-bond donors (Lipinski definition) is 1. The first-order valence-corrected chi connectivity index (χ1v) is 7.01. The third kappa shape index (κ3) is 3.30. The van der Waals surface area contributed by atoms with Crippen LogP contribution in [0, 0.1) is 6.92 Å². The largest absolute Gasteiger partial charge is 0.455 e. The minimum Gasteiger partial charge on any atom is -0.455 e. The fourth-order valence-corrected chi connectivity index (χ4v) is 2.42. The van der Waals surface area contributed by atoms with Gasteiger partial charge < -0.3 is 10.5 Å². The first kappa shape index (κ1) is 14.8. The molecule has 4 heteroatoms. The van der Waals surface area contributed by atoms with Gasteiger partial charge in [0.25, 0.3) is 0 Å². The predicted molar refractivity (Wildman–Crippen MR) is 82.5 cm³/mol. The van der Waals surface area contributed by atoms with Crippen molar-refractivity contribution in [3.8, 4) is 11.5 Å². The maximum atomic E-state index is 6.26. The van der Waals surface area contributed by atoms with Crippen molar-refractivity contribution in [2.75, 3.05) is 0 Å². The van der Waals surface area contributed by atoms with Crippen LogP contribution < -0.4 is 10.5 Å². The molecule has 0 aliphatic rings. The van der Waals surface area contributed by atoms with Gasteiger partial charge in [0.1, 0.15) is 11.5 Å². The summed E-state index contributed by atoms with van der Waals surface area (Å²) in [6.07, 6.45) is 3.42. The van der Waals surface area contributed by atoms with Gasteiger partial charge in [-0.2, -0.15) is 0 Å². The van der Waals surface area contributed by atoms with Crippen molar-refractivity contribution in [2.45, 2.75) is 33.2 Å². The van der Waals surface area contributed by atoms with Crippen LogP contribution in [0.2, 0.25) is 5.02 Å². The zero-order valence-electron chi connectivity index (χ0n) is 12.0. The van der Waals surface area contributed by atoms with Gasteiger partial charge in [0.05, 0.1) is 6.20 Å². The molecule has 0 radical (unpaired) electrons. The molecule has 0 fully saturated rings. The topological polar surface area (TPSA) is 48.1 Å². The van der Waals surface area contributed by atoms with Gasteiger partial charge in [0.2, 0.25) is 0 Å². The standard InChI is InChI=1S/C16H19ClN2O/c1-10(2)14-6-16(11(3)4-15(14)17)20-13-5-12(7-18)8-19-9-13/h4-6,8-10H,7,18H2,1-3H3. The number of ether oxygens (including phenoxy) is 1. The van der Waals surface area contributed by atoms with Crippen LogP contribution in [0.5, 0.6) is 11.5 Å². The van der Waals surface area contributed by atoms with Crippen LogP contribution in [0.15, 0.2) is 30.6 Å². The molecule has 0 spiro atoms. The third-order valence-corrected chi connectivity index (χ3v) is 3.48. The Kier molecular flexibility index (Phi) is 4.63. The molecular weight excluding hydrogens is 272 g/mol. The number of nitrogens with two attached hydrogens (primary N) is 1. The smallest absolute Gasteiger partial charge is 0.146 e. The highest BCUT2D eigenvalue weighted by atomic mass is 35.5. The summed E-state index contributed by atoms with van der Waals surface area (Å²) in [5.74, 6) is 1.83. The minimum atomic E-state index is 0.346. The molecular formula is C16H19ClN2O. The summed E-state index contributed by atoms with van der Waals surface area (Å²) in [7, 11) is 0. The van der Waals surface area contributed by atoms with Crippen LogP contribution in [-0.2, 0) is 6.54 Å². The second-order valence-electron chi connectivity index (χ2n) is 5.13. The number of hydrogen-bond acceptors (Lipinski definition) is 3. The third-order valence-electron chi connectivity index (χ3n) is 3.15. The van der Waals surface area contributed by atoms with Crippen molar-refractivity contribution in [3.05, 3.63) is 52.3 Å². The van der Waals surface area contributed by atoms with Crippen LogP contribution in [0.25, 0.3) is 0 Å². The Hall–Kier alpha value is -1.58. The maximum Gasteiger partial charge on any atom is 0.146 e. The Bertz CT molecular complexity index is 611. The fraction of sp³-hybridized carbons (Fsp3) is 0.312. The number of pyridine rings is 1. The zero-order valence-corrected chi connectivity index (χ0v) is 12.7. The summed E-state index contributed by atoms with van der Waals surface area (Å²) in [6, 6.07) is 5.83. The molecule has 3 nitrogen and oxygen atoms in total. The molecule has 0 saturated heterocycles. The van der Waals surface area contributed by atoms with E-state index < -0.39 is 0 Å². The molecule has 2 rings (SSSR count). The molecule has 0 bridgehead atoms. The second kappa shape index (κ2) is 6.25. The monoisotopic (exact) mass is 290 g/mol. The average molecular weight is 291 g/mol. The number of nitrogens with zero attached hydrogens (tertiary/aromatic N) is 1. The Morgan fingerprint density at radius 2 is 2.00 bits per heavy atom. The van der Waals surface area contributed by atoms with E-state index in [1.54, 1.807) is 12.4 Å². The molecule has 0 aliphatic heterocycles.